The number of hydrogen-bond donors (Lipinski definition) is 1. The average Bonchev–Trinajstić information content (AvgIpc) is 2.36. The Kier molecular flexibility index (Phi) is 6.60. The number of nitrogens with one attached hydrogen (secondary N) is 1. The zero-order valence-electron chi connectivity index (χ0n) is 11.3. The Labute approximate surface area is 114 Å². The van der Waals surface area contributed by atoms with Crippen LogP contribution >= 0.6 is 12.2 Å². The summed E-state index contributed by atoms with van der Waals surface area (Å²) in [7, 11) is 1.68. The minimum atomic E-state index is 0.653. The summed E-state index contributed by atoms with van der Waals surface area (Å²) in [6.45, 7) is 7.05. The van der Waals surface area contributed by atoms with E-state index < -0.39 is 0 Å². The molecule has 4 nitrogen and oxygen atoms in total. The summed E-state index contributed by atoms with van der Waals surface area (Å²) in [5, 5.41) is 3.92. The number of ether oxygens (including phenoxy) is 1. The predicted molar refractivity (Wildman–Crippen MR) is 77.5 cm³/mol. The molecular formula is C13H21N3OS. The molecule has 1 aromatic rings. The van der Waals surface area contributed by atoms with Crippen molar-refractivity contribution in [2.24, 2.45) is 0 Å². The molecule has 1 N–H and O–H groups in total. The van der Waals surface area contributed by atoms with Crippen LogP contribution < -0.4 is 5.32 Å². The number of pyridine rings is 1. The number of methoxy groups -OCH3 is 1. The molecule has 0 fully saturated rings. The Morgan fingerprint density at radius 1 is 1.50 bits per heavy atom. The van der Waals surface area contributed by atoms with Gasteiger partial charge < -0.3 is 15.0 Å². The highest BCUT2D eigenvalue weighted by Gasteiger charge is 2.08. The first kappa shape index (κ1) is 14.9. The lowest BCUT2D eigenvalue weighted by molar-refractivity contribution is 0.203. The first-order valence-corrected chi connectivity index (χ1v) is 6.52. The van der Waals surface area contributed by atoms with Crippen LogP contribution in [0.1, 0.15) is 18.3 Å². The second-order valence-corrected chi connectivity index (χ2v) is 4.40. The topological polar surface area (TPSA) is 37.4 Å². The Morgan fingerprint density at radius 2 is 2.28 bits per heavy atom. The van der Waals surface area contributed by atoms with Crippen LogP contribution in [0, 0.1) is 6.92 Å². The molecule has 0 unspecified atom stereocenters. The molecule has 0 saturated heterocycles. The molecule has 1 aromatic heterocycles. The van der Waals surface area contributed by atoms with Gasteiger partial charge in [0.2, 0.25) is 0 Å². The quantitative estimate of drug-likeness (QED) is 0.627. The van der Waals surface area contributed by atoms with E-state index in [9.17, 15) is 0 Å². The molecule has 0 aliphatic rings. The maximum Gasteiger partial charge on any atom is 0.169 e. The van der Waals surface area contributed by atoms with Gasteiger partial charge in [0.25, 0.3) is 0 Å². The van der Waals surface area contributed by atoms with Crippen molar-refractivity contribution in [3.63, 3.8) is 0 Å². The first-order valence-electron chi connectivity index (χ1n) is 6.11. The molecule has 0 aliphatic carbocycles. The summed E-state index contributed by atoms with van der Waals surface area (Å²) < 4.78 is 4.99. The van der Waals surface area contributed by atoms with Crippen molar-refractivity contribution in [3.8, 4) is 0 Å². The third-order valence-electron chi connectivity index (χ3n) is 2.55. The Balaban J connectivity index is 2.53. The van der Waals surface area contributed by atoms with E-state index in [1.165, 1.54) is 0 Å². The summed E-state index contributed by atoms with van der Waals surface area (Å²) >= 11 is 5.35. The van der Waals surface area contributed by atoms with Gasteiger partial charge >= 0.3 is 0 Å². The second-order valence-electron chi connectivity index (χ2n) is 4.01. The van der Waals surface area contributed by atoms with Crippen molar-refractivity contribution in [1.29, 1.82) is 0 Å². The van der Waals surface area contributed by atoms with E-state index in [0.29, 0.717) is 6.61 Å². The van der Waals surface area contributed by atoms with Crippen LogP contribution in [0.25, 0.3) is 0 Å². The summed E-state index contributed by atoms with van der Waals surface area (Å²) in [5.74, 6) is 0. The van der Waals surface area contributed by atoms with Gasteiger partial charge in [-0.05, 0) is 38.2 Å². The van der Waals surface area contributed by atoms with Gasteiger partial charge in [-0.15, -0.1) is 0 Å². The Bertz CT molecular complexity index is 384. The molecule has 100 valence electrons. The molecular weight excluding hydrogens is 246 g/mol. The van der Waals surface area contributed by atoms with Crippen molar-refractivity contribution >= 4 is 17.3 Å². The highest BCUT2D eigenvalue weighted by atomic mass is 32.1. The van der Waals surface area contributed by atoms with Crippen LogP contribution in [0.15, 0.2) is 18.2 Å². The Morgan fingerprint density at radius 3 is 2.89 bits per heavy atom. The van der Waals surface area contributed by atoms with Crippen molar-refractivity contribution < 1.29 is 4.74 Å². The lowest BCUT2D eigenvalue weighted by Gasteiger charge is -2.24. The van der Waals surface area contributed by atoms with E-state index in [-0.39, 0.29) is 0 Å². The maximum absolute atomic E-state index is 5.35. The highest BCUT2D eigenvalue weighted by molar-refractivity contribution is 7.80. The average molecular weight is 267 g/mol. The fourth-order valence-corrected chi connectivity index (χ4v) is 1.88. The SMILES string of the molecule is CCN(Cc1cccc(C)n1)C(=S)NCCOC. The van der Waals surface area contributed by atoms with Crippen LogP contribution in [-0.2, 0) is 11.3 Å². The van der Waals surface area contributed by atoms with Crippen molar-refractivity contribution in [2.75, 3.05) is 26.8 Å². The van der Waals surface area contributed by atoms with E-state index in [4.69, 9.17) is 17.0 Å². The Hall–Kier alpha value is -1.20. The number of aromatic nitrogens is 1. The third kappa shape index (κ3) is 4.98. The largest absolute Gasteiger partial charge is 0.383 e. The molecule has 0 aromatic carbocycles. The zero-order valence-corrected chi connectivity index (χ0v) is 12.1. The van der Waals surface area contributed by atoms with Gasteiger partial charge in [-0.25, -0.2) is 0 Å². The molecule has 0 aliphatic heterocycles. The fourth-order valence-electron chi connectivity index (χ4n) is 1.58. The lowest BCUT2D eigenvalue weighted by atomic mass is 10.3. The second kappa shape index (κ2) is 8.00. The van der Waals surface area contributed by atoms with Gasteiger partial charge in [0.1, 0.15) is 0 Å². The number of hydrogen-bond acceptors (Lipinski definition) is 3. The molecule has 0 bridgehead atoms. The minimum absolute atomic E-state index is 0.653. The number of aryl methyl sites for hydroxylation is 1. The summed E-state index contributed by atoms with van der Waals surface area (Å²) in [6.07, 6.45) is 0. The monoisotopic (exact) mass is 267 g/mol. The van der Waals surface area contributed by atoms with E-state index in [1.54, 1.807) is 7.11 Å². The van der Waals surface area contributed by atoms with E-state index >= 15 is 0 Å². The van der Waals surface area contributed by atoms with Gasteiger partial charge in [-0.3, -0.25) is 4.98 Å². The summed E-state index contributed by atoms with van der Waals surface area (Å²) in [4.78, 5) is 6.58. The van der Waals surface area contributed by atoms with Gasteiger partial charge in [0.05, 0.1) is 18.8 Å². The number of rotatable bonds is 6. The molecule has 5 heteroatoms. The summed E-state index contributed by atoms with van der Waals surface area (Å²) in [6, 6.07) is 6.04. The fraction of sp³-hybridized carbons (Fsp3) is 0.538. The normalized spacial score (nSPS) is 10.2. The summed E-state index contributed by atoms with van der Waals surface area (Å²) in [5.41, 5.74) is 2.06. The number of thiocarbonyl (C=S) groups is 1. The maximum atomic E-state index is 5.35. The lowest BCUT2D eigenvalue weighted by Crippen LogP contribution is -2.40. The molecule has 0 spiro atoms. The third-order valence-corrected chi connectivity index (χ3v) is 2.95. The van der Waals surface area contributed by atoms with E-state index in [2.05, 4.69) is 22.1 Å². The molecule has 0 saturated carbocycles. The van der Waals surface area contributed by atoms with E-state index in [0.717, 1.165) is 36.1 Å². The highest BCUT2D eigenvalue weighted by Crippen LogP contribution is 2.03. The van der Waals surface area contributed by atoms with Crippen molar-refractivity contribution in [1.82, 2.24) is 15.2 Å². The van der Waals surface area contributed by atoms with Gasteiger partial charge in [-0.2, -0.15) is 0 Å². The van der Waals surface area contributed by atoms with Crippen molar-refractivity contribution in [2.45, 2.75) is 20.4 Å². The smallest absolute Gasteiger partial charge is 0.169 e. The predicted octanol–water partition coefficient (Wildman–Crippen LogP) is 1.73. The van der Waals surface area contributed by atoms with Crippen LogP contribution in [0.3, 0.4) is 0 Å². The standard InChI is InChI=1S/C13H21N3OS/c1-4-16(13(18)14-8-9-17-3)10-12-7-5-6-11(2)15-12/h5-7H,4,8-10H2,1-3H3,(H,14,18). The molecule has 0 atom stereocenters. The van der Waals surface area contributed by atoms with E-state index in [1.807, 2.05) is 25.1 Å². The molecule has 0 radical (unpaired) electrons. The minimum Gasteiger partial charge on any atom is -0.383 e. The first-order chi connectivity index (χ1) is 8.67. The zero-order chi connectivity index (χ0) is 13.4. The van der Waals surface area contributed by atoms with Crippen LogP contribution in [0.2, 0.25) is 0 Å². The van der Waals surface area contributed by atoms with Gasteiger partial charge in [-0.1, -0.05) is 6.07 Å². The van der Waals surface area contributed by atoms with Crippen molar-refractivity contribution in [3.05, 3.63) is 29.6 Å². The molecule has 0 amide bonds. The van der Waals surface area contributed by atoms with Crippen LogP contribution in [0.5, 0.6) is 0 Å². The molecule has 1 heterocycles. The van der Waals surface area contributed by atoms with Crippen LogP contribution in [-0.4, -0.2) is 41.8 Å². The van der Waals surface area contributed by atoms with Gasteiger partial charge in [0, 0.05) is 25.9 Å². The molecule has 18 heavy (non-hydrogen) atoms. The number of nitrogens with zero attached hydrogens (tertiary/aromatic N) is 2. The molecule has 1 rings (SSSR count). The van der Waals surface area contributed by atoms with Crippen LogP contribution in [0.4, 0.5) is 0 Å². The van der Waals surface area contributed by atoms with Gasteiger partial charge in [0.15, 0.2) is 5.11 Å².